The second-order valence-electron chi connectivity index (χ2n) is 4.45. The fraction of sp³-hybridized carbons (Fsp3) is 0.909. The maximum atomic E-state index is 10.9. The van der Waals surface area contributed by atoms with E-state index in [1.165, 1.54) is 0 Å². The molecule has 0 spiro atoms. The lowest BCUT2D eigenvalue weighted by molar-refractivity contribution is -0.142. The molecule has 1 fully saturated rings. The summed E-state index contributed by atoms with van der Waals surface area (Å²) >= 11 is 0. The SMILES string of the molecule is CCCCOCCN1CCC(N)(C(=O)O)C1. The monoisotopic (exact) mass is 230 g/mol. The van der Waals surface area contributed by atoms with Crippen LogP contribution in [-0.2, 0) is 9.53 Å². The number of hydrogen-bond donors (Lipinski definition) is 2. The van der Waals surface area contributed by atoms with Crippen LogP contribution in [0.25, 0.3) is 0 Å². The zero-order valence-electron chi connectivity index (χ0n) is 9.95. The molecule has 0 aromatic rings. The highest BCUT2D eigenvalue weighted by atomic mass is 16.5. The van der Waals surface area contributed by atoms with Crippen LogP contribution >= 0.6 is 0 Å². The lowest BCUT2D eigenvalue weighted by Gasteiger charge is -2.19. The van der Waals surface area contributed by atoms with E-state index in [-0.39, 0.29) is 0 Å². The van der Waals surface area contributed by atoms with Gasteiger partial charge in [-0.3, -0.25) is 9.69 Å². The first-order valence-electron chi connectivity index (χ1n) is 5.91. The van der Waals surface area contributed by atoms with Gasteiger partial charge < -0.3 is 15.6 Å². The molecular weight excluding hydrogens is 208 g/mol. The third-order valence-electron chi connectivity index (χ3n) is 3.00. The van der Waals surface area contributed by atoms with Crippen LogP contribution < -0.4 is 5.73 Å². The van der Waals surface area contributed by atoms with Crippen LogP contribution in [0.5, 0.6) is 0 Å². The Morgan fingerprint density at radius 1 is 1.56 bits per heavy atom. The van der Waals surface area contributed by atoms with Gasteiger partial charge in [-0.15, -0.1) is 0 Å². The lowest BCUT2D eigenvalue weighted by Crippen LogP contribution is -2.50. The summed E-state index contributed by atoms with van der Waals surface area (Å²) in [5.74, 6) is -0.901. The smallest absolute Gasteiger partial charge is 0.325 e. The summed E-state index contributed by atoms with van der Waals surface area (Å²) in [6.07, 6.45) is 2.74. The Morgan fingerprint density at radius 2 is 2.31 bits per heavy atom. The first kappa shape index (κ1) is 13.4. The molecule has 0 aromatic heterocycles. The molecule has 0 saturated carbocycles. The molecular formula is C11H22N2O3. The maximum Gasteiger partial charge on any atom is 0.325 e. The third-order valence-corrected chi connectivity index (χ3v) is 3.00. The molecule has 5 heteroatoms. The standard InChI is InChI=1S/C11H22N2O3/c1-2-3-7-16-8-6-13-5-4-11(12,9-13)10(14)15/h2-9,12H2,1H3,(H,14,15). The lowest BCUT2D eigenvalue weighted by atomic mass is 10.0. The van der Waals surface area contributed by atoms with Gasteiger partial charge in [0.1, 0.15) is 5.54 Å². The summed E-state index contributed by atoms with van der Waals surface area (Å²) in [5.41, 5.74) is 4.71. The Hall–Kier alpha value is -0.650. The summed E-state index contributed by atoms with van der Waals surface area (Å²) in [7, 11) is 0. The normalized spacial score (nSPS) is 26.1. The number of ether oxygens (including phenoxy) is 1. The van der Waals surface area contributed by atoms with Crippen LogP contribution in [-0.4, -0.2) is 54.4 Å². The van der Waals surface area contributed by atoms with Gasteiger partial charge >= 0.3 is 5.97 Å². The van der Waals surface area contributed by atoms with Crippen LogP contribution in [0.15, 0.2) is 0 Å². The second-order valence-corrected chi connectivity index (χ2v) is 4.45. The van der Waals surface area contributed by atoms with Crippen molar-refractivity contribution in [3.63, 3.8) is 0 Å². The molecule has 3 N–H and O–H groups in total. The van der Waals surface area contributed by atoms with Gasteiger partial charge in [-0.25, -0.2) is 0 Å². The Bertz CT molecular complexity index is 235. The molecule has 1 unspecified atom stereocenters. The highest BCUT2D eigenvalue weighted by Gasteiger charge is 2.40. The number of carbonyl (C=O) groups is 1. The van der Waals surface area contributed by atoms with E-state index >= 15 is 0 Å². The molecule has 5 nitrogen and oxygen atoms in total. The van der Waals surface area contributed by atoms with E-state index < -0.39 is 11.5 Å². The van der Waals surface area contributed by atoms with Crippen molar-refractivity contribution in [1.29, 1.82) is 0 Å². The highest BCUT2D eigenvalue weighted by molar-refractivity contribution is 5.79. The van der Waals surface area contributed by atoms with Gasteiger partial charge in [0.2, 0.25) is 0 Å². The molecule has 1 rings (SSSR count). The number of likely N-dealkylation sites (tertiary alicyclic amines) is 1. The largest absolute Gasteiger partial charge is 0.480 e. The summed E-state index contributed by atoms with van der Waals surface area (Å²) in [6.45, 7) is 5.53. The molecule has 1 saturated heterocycles. The van der Waals surface area contributed by atoms with Gasteiger partial charge in [0, 0.05) is 26.2 Å². The van der Waals surface area contributed by atoms with E-state index in [1.54, 1.807) is 0 Å². The molecule has 1 aliphatic heterocycles. The second kappa shape index (κ2) is 6.18. The van der Waals surface area contributed by atoms with Crippen LogP contribution in [0.3, 0.4) is 0 Å². The van der Waals surface area contributed by atoms with Crippen molar-refractivity contribution in [2.45, 2.75) is 31.7 Å². The Kier molecular flexibility index (Phi) is 5.18. The van der Waals surface area contributed by atoms with Crippen molar-refractivity contribution in [1.82, 2.24) is 4.90 Å². The van der Waals surface area contributed by atoms with Gasteiger partial charge in [-0.2, -0.15) is 0 Å². The summed E-state index contributed by atoms with van der Waals surface area (Å²) in [4.78, 5) is 13.0. The first-order chi connectivity index (χ1) is 7.58. The summed E-state index contributed by atoms with van der Waals surface area (Å²) in [6, 6.07) is 0. The van der Waals surface area contributed by atoms with Gasteiger partial charge in [-0.1, -0.05) is 13.3 Å². The Morgan fingerprint density at radius 3 is 2.88 bits per heavy atom. The third kappa shape index (κ3) is 3.73. The van der Waals surface area contributed by atoms with Crippen molar-refractivity contribution in [2.24, 2.45) is 5.73 Å². The number of rotatable bonds is 7. The number of nitrogens with zero attached hydrogens (tertiary/aromatic N) is 1. The van der Waals surface area contributed by atoms with Gasteiger partial charge in [-0.05, 0) is 12.8 Å². The fourth-order valence-electron chi connectivity index (χ4n) is 1.82. The minimum atomic E-state index is -1.05. The van der Waals surface area contributed by atoms with Crippen LogP contribution in [0.1, 0.15) is 26.2 Å². The molecule has 0 aromatic carbocycles. The molecule has 1 heterocycles. The van der Waals surface area contributed by atoms with E-state index in [1.807, 2.05) is 0 Å². The maximum absolute atomic E-state index is 10.9. The van der Waals surface area contributed by atoms with Crippen molar-refractivity contribution in [3.05, 3.63) is 0 Å². The van der Waals surface area contributed by atoms with Crippen molar-refractivity contribution in [3.8, 4) is 0 Å². The molecule has 94 valence electrons. The number of aliphatic carboxylic acids is 1. The van der Waals surface area contributed by atoms with Crippen LogP contribution in [0.4, 0.5) is 0 Å². The number of carboxylic acid groups (broad SMARTS) is 1. The Balaban J connectivity index is 2.14. The molecule has 0 radical (unpaired) electrons. The number of hydrogen-bond acceptors (Lipinski definition) is 4. The molecule has 0 amide bonds. The van der Waals surface area contributed by atoms with Gasteiger partial charge in [0.15, 0.2) is 0 Å². The van der Waals surface area contributed by atoms with Crippen molar-refractivity contribution < 1.29 is 14.6 Å². The number of carboxylic acids is 1. The van der Waals surface area contributed by atoms with Crippen LogP contribution in [0, 0.1) is 0 Å². The average molecular weight is 230 g/mol. The predicted molar refractivity (Wildman–Crippen MR) is 61.3 cm³/mol. The average Bonchev–Trinajstić information content (AvgIpc) is 2.62. The molecule has 1 aliphatic rings. The molecule has 0 bridgehead atoms. The zero-order valence-corrected chi connectivity index (χ0v) is 9.95. The summed E-state index contributed by atoms with van der Waals surface area (Å²) in [5, 5.41) is 8.95. The van der Waals surface area contributed by atoms with Crippen LogP contribution in [0.2, 0.25) is 0 Å². The van der Waals surface area contributed by atoms with Gasteiger partial charge in [0.05, 0.1) is 6.61 Å². The van der Waals surface area contributed by atoms with E-state index in [9.17, 15) is 4.79 Å². The Labute approximate surface area is 96.6 Å². The predicted octanol–water partition coefficient (Wildman–Crippen LogP) is 0.291. The zero-order chi connectivity index (χ0) is 12.0. The molecule has 1 atom stereocenters. The van der Waals surface area contributed by atoms with E-state index in [0.717, 1.165) is 32.5 Å². The van der Waals surface area contributed by atoms with Crippen molar-refractivity contribution >= 4 is 5.97 Å². The number of unbranched alkanes of at least 4 members (excludes halogenated alkanes) is 1. The topological polar surface area (TPSA) is 75.8 Å². The molecule has 0 aliphatic carbocycles. The fourth-order valence-corrected chi connectivity index (χ4v) is 1.82. The highest BCUT2D eigenvalue weighted by Crippen LogP contribution is 2.18. The first-order valence-corrected chi connectivity index (χ1v) is 5.91. The van der Waals surface area contributed by atoms with Gasteiger partial charge in [0.25, 0.3) is 0 Å². The summed E-state index contributed by atoms with van der Waals surface area (Å²) < 4.78 is 5.43. The minimum absolute atomic E-state index is 0.430. The quantitative estimate of drug-likeness (QED) is 0.615. The molecule has 16 heavy (non-hydrogen) atoms. The van der Waals surface area contributed by atoms with E-state index in [4.69, 9.17) is 15.6 Å². The van der Waals surface area contributed by atoms with Crippen molar-refractivity contribution in [2.75, 3.05) is 32.8 Å². The minimum Gasteiger partial charge on any atom is -0.480 e. The van der Waals surface area contributed by atoms with E-state index in [0.29, 0.717) is 19.6 Å². The number of nitrogens with two attached hydrogens (primary N) is 1. The van der Waals surface area contributed by atoms with E-state index in [2.05, 4.69) is 11.8 Å².